The lowest BCUT2D eigenvalue weighted by Gasteiger charge is -2.21. The molecule has 9 heteroatoms. The molecule has 8 nitrogen and oxygen atoms in total. The Hall–Kier alpha value is -2.17. The minimum Gasteiger partial charge on any atom is -0.497 e. The van der Waals surface area contributed by atoms with Crippen LogP contribution in [0.25, 0.3) is 0 Å². The van der Waals surface area contributed by atoms with Crippen molar-refractivity contribution in [2.45, 2.75) is 18.9 Å². The van der Waals surface area contributed by atoms with Crippen molar-refractivity contribution < 1.29 is 9.47 Å². The first-order chi connectivity index (χ1) is 13.6. The molecule has 2 aromatic rings. The lowest BCUT2D eigenvalue weighted by Crippen LogP contribution is -2.45. The Morgan fingerprint density at radius 1 is 1.24 bits per heavy atom. The number of halogens is 1. The zero-order valence-electron chi connectivity index (χ0n) is 17.5. The van der Waals surface area contributed by atoms with E-state index in [0.717, 1.165) is 55.6 Å². The Balaban J connectivity index is 0.00000300. The summed E-state index contributed by atoms with van der Waals surface area (Å²) in [6.45, 7) is 2.69. The van der Waals surface area contributed by atoms with E-state index in [4.69, 9.17) is 9.47 Å². The maximum Gasteiger partial charge on any atom is 0.191 e. The average molecular weight is 514 g/mol. The number of aromatic nitrogens is 2. The van der Waals surface area contributed by atoms with Crippen LogP contribution >= 0.6 is 24.0 Å². The first-order valence-corrected chi connectivity index (χ1v) is 9.54. The van der Waals surface area contributed by atoms with Crippen LogP contribution in [0.4, 0.5) is 5.69 Å². The van der Waals surface area contributed by atoms with Crippen LogP contribution in [0.1, 0.15) is 12.0 Å². The SMILES string of the molecule is CN=C(NCCc1cnn(C)c1)NC1CCN(c2cc(OC)cc(OC)c2)C1.I. The summed E-state index contributed by atoms with van der Waals surface area (Å²) in [5.74, 6) is 2.44. The van der Waals surface area contributed by atoms with Gasteiger partial charge in [0.25, 0.3) is 0 Å². The lowest BCUT2D eigenvalue weighted by atomic mass is 10.2. The van der Waals surface area contributed by atoms with Gasteiger partial charge in [-0.05, 0) is 18.4 Å². The van der Waals surface area contributed by atoms with Gasteiger partial charge in [-0.25, -0.2) is 0 Å². The molecule has 0 amide bonds. The van der Waals surface area contributed by atoms with Gasteiger partial charge in [-0.3, -0.25) is 9.67 Å². The largest absolute Gasteiger partial charge is 0.497 e. The van der Waals surface area contributed by atoms with E-state index in [9.17, 15) is 0 Å². The predicted molar refractivity (Wildman–Crippen MR) is 127 cm³/mol. The molecule has 160 valence electrons. The topological polar surface area (TPSA) is 75.9 Å². The van der Waals surface area contributed by atoms with Gasteiger partial charge in [-0.2, -0.15) is 5.10 Å². The third kappa shape index (κ3) is 6.41. The number of anilines is 1. The Morgan fingerprint density at radius 2 is 1.97 bits per heavy atom. The van der Waals surface area contributed by atoms with Crippen LogP contribution in [0.2, 0.25) is 0 Å². The molecular formula is C20H31IN6O2. The van der Waals surface area contributed by atoms with Crippen molar-refractivity contribution in [3.63, 3.8) is 0 Å². The number of ether oxygens (including phenoxy) is 2. The van der Waals surface area contributed by atoms with E-state index in [-0.39, 0.29) is 24.0 Å². The fourth-order valence-corrected chi connectivity index (χ4v) is 3.40. The molecule has 0 saturated carbocycles. The minimum absolute atomic E-state index is 0. The Bertz CT molecular complexity index is 788. The molecule has 1 atom stereocenters. The molecule has 1 unspecified atom stereocenters. The summed E-state index contributed by atoms with van der Waals surface area (Å²) in [4.78, 5) is 6.69. The molecule has 3 rings (SSSR count). The normalized spacial score (nSPS) is 16.3. The van der Waals surface area contributed by atoms with Crippen LogP contribution in [0.3, 0.4) is 0 Å². The quantitative estimate of drug-likeness (QED) is 0.335. The molecule has 0 aliphatic carbocycles. The van der Waals surface area contributed by atoms with E-state index in [1.165, 1.54) is 5.56 Å². The van der Waals surface area contributed by atoms with Crippen LogP contribution in [0.5, 0.6) is 11.5 Å². The molecular weight excluding hydrogens is 483 g/mol. The van der Waals surface area contributed by atoms with Crippen molar-refractivity contribution in [2.75, 3.05) is 45.8 Å². The smallest absolute Gasteiger partial charge is 0.191 e. The number of nitrogens with one attached hydrogen (secondary N) is 2. The number of aryl methyl sites for hydroxylation is 1. The van der Waals surface area contributed by atoms with Gasteiger partial charge in [0.2, 0.25) is 0 Å². The lowest BCUT2D eigenvalue weighted by molar-refractivity contribution is 0.394. The minimum atomic E-state index is 0. The highest BCUT2D eigenvalue weighted by Crippen LogP contribution is 2.30. The second-order valence-corrected chi connectivity index (χ2v) is 6.92. The zero-order valence-corrected chi connectivity index (χ0v) is 19.8. The second-order valence-electron chi connectivity index (χ2n) is 6.92. The van der Waals surface area contributed by atoms with Crippen molar-refractivity contribution in [2.24, 2.45) is 12.0 Å². The van der Waals surface area contributed by atoms with Gasteiger partial charge in [-0.1, -0.05) is 0 Å². The maximum atomic E-state index is 5.39. The highest BCUT2D eigenvalue weighted by atomic mass is 127. The molecule has 2 N–H and O–H groups in total. The first kappa shape index (κ1) is 23.1. The van der Waals surface area contributed by atoms with Crippen molar-refractivity contribution >= 4 is 35.6 Å². The summed E-state index contributed by atoms with van der Waals surface area (Å²) in [7, 11) is 7.09. The van der Waals surface area contributed by atoms with Crippen LogP contribution in [0.15, 0.2) is 35.6 Å². The van der Waals surface area contributed by atoms with Gasteiger partial charge in [0.1, 0.15) is 11.5 Å². The fraction of sp³-hybridized carbons (Fsp3) is 0.500. The van der Waals surface area contributed by atoms with E-state index < -0.39 is 0 Å². The Kier molecular flexibility index (Phi) is 8.87. The fourth-order valence-electron chi connectivity index (χ4n) is 3.40. The van der Waals surface area contributed by atoms with Gasteiger partial charge in [-0.15, -0.1) is 24.0 Å². The number of hydrogen-bond acceptors (Lipinski definition) is 5. The maximum absolute atomic E-state index is 5.39. The highest BCUT2D eigenvalue weighted by molar-refractivity contribution is 14.0. The van der Waals surface area contributed by atoms with Crippen molar-refractivity contribution in [1.29, 1.82) is 0 Å². The summed E-state index contributed by atoms with van der Waals surface area (Å²) in [6, 6.07) is 6.32. The van der Waals surface area contributed by atoms with Gasteiger partial charge in [0, 0.05) is 69.9 Å². The van der Waals surface area contributed by atoms with Crippen LogP contribution in [0, 0.1) is 0 Å². The third-order valence-electron chi connectivity index (χ3n) is 4.92. The molecule has 0 spiro atoms. The summed E-state index contributed by atoms with van der Waals surface area (Å²) < 4.78 is 12.6. The predicted octanol–water partition coefficient (Wildman–Crippen LogP) is 2.04. The molecule has 0 radical (unpaired) electrons. The molecule has 1 aromatic carbocycles. The molecule has 2 heterocycles. The van der Waals surface area contributed by atoms with E-state index in [2.05, 4.69) is 25.6 Å². The van der Waals surface area contributed by atoms with Crippen molar-refractivity contribution in [3.8, 4) is 11.5 Å². The Labute approximate surface area is 189 Å². The van der Waals surface area contributed by atoms with Crippen LogP contribution in [-0.2, 0) is 13.5 Å². The number of guanidine groups is 1. The molecule has 1 aliphatic rings. The van der Waals surface area contributed by atoms with Crippen molar-refractivity contribution in [3.05, 3.63) is 36.2 Å². The monoisotopic (exact) mass is 514 g/mol. The number of hydrogen-bond donors (Lipinski definition) is 2. The van der Waals surface area contributed by atoms with E-state index in [1.54, 1.807) is 21.3 Å². The van der Waals surface area contributed by atoms with Gasteiger partial charge < -0.3 is 25.0 Å². The average Bonchev–Trinajstić information content (AvgIpc) is 3.35. The van der Waals surface area contributed by atoms with Gasteiger partial charge >= 0.3 is 0 Å². The van der Waals surface area contributed by atoms with E-state index >= 15 is 0 Å². The number of nitrogens with zero attached hydrogens (tertiary/aromatic N) is 4. The molecule has 1 aromatic heterocycles. The molecule has 1 fully saturated rings. The third-order valence-corrected chi connectivity index (χ3v) is 4.92. The first-order valence-electron chi connectivity index (χ1n) is 9.54. The summed E-state index contributed by atoms with van der Waals surface area (Å²) >= 11 is 0. The number of methoxy groups -OCH3 is 2. The number of aliphatic imine (C=N–C) groups is 1. The van der Waals surface area contributed by atoms with E-state index in [0.29, 0.717) is 6.04 Å². The summed E-state index contributed by atoms with van der Waals surface area (Å²) in [5, 5.41) is 11.1. The summed E-state index contributed by atoms with van der Waals surface area (Å²) in [6.07, 6.45) is 5.89. The molecule has 29 heavy (non-hydrogen) atoms. The van der Waals surface area contributed by atoms with Crippen LogP contribution in [-0.4, -0.2) is 62.7 Å². The van der Waals surface area contributed by atoms with Gasteiger partial charge in [0.15, 0.2) is 5.96 Å². The zero-order chi connectivity index (χ0) is 19.9. The van der Waals surface area contributed by atoms with E-state index in [1.807, 2.05) is 42.3 Å². The van der Waals surface area contributed by atoms with Gasteiger partial charge in [0.05, 0.1) is 20.4 Å². The van der Waals surface area contributed by atoms with Crippen molar-refractivity contribution in [1.82, 2.24) is 20.4 Å². The molecule has 1 saturated heterocycles. The summed E-state index contributed by atoms with van der Waals surface area (Å²) in [5.41, 5.74) is 2.32. The molecule has 1 aliphatic heterocycles. The number of benzene rings is 1. The number of rotatable bonds is 7. The highest BCUT2D eigenvalue weighted by Gasteiger charge is 2.24. The molecule has 0 bridgehead atoms. The second kappa shape index (κ2) is 11.1. The standard InChI is InChI=1S/C20H30N6O2.HI/c1-21-20(22-7-5-15-12-23-25(2)13-15)24-16-6-8-26(14-16)17-9-18(27-3)11-19(10-17)28-4;/h9-13,16H,5-8,14H2,1-4H3,(H2,21,22,24);1H. The Morgan fingerprint density at radius 3 is 2.55 bits per heavy atom. The van der Waals surface area contributed by atoms with Crippen LogP contribution < -0.4 is 25.0 Å².